The molecule has 0 aliphatic heterocycles. The van der Waals surface area contributed by atoms with Gasteiger partial charge >= 0.3 is 4.87 Å². The Labute approximate surface area is 97.0 Å². The summed E-state index contributed by atoms with van der Waals surface area (Å²) < 4.78 is 25.7. The van der Waals surface area contributed by atoms with Gasteiger partial charge in [0.15, 0.2) is 4.21 Å². The Morgan fingerprint density at radius 3 is 2.69 bits per heavy atom. The van der Waals surface area contributed by atoms with Gasteiger partial charge in [0.1, 0.15) is 0 Å². The van der Waals surface area contributed by atoms with Gasteiger partial charge in [-0.1, -0.05) is 11.3 Å². The first-order valence-corrected chi connectivity index (χ1v) is 6.76. The number of nitriles is 1. The van der Waals surface area contributed by atoms with Gasteiger partial charge in [-0.05, 0) is 13.8 Å². The van der Waals surface area contributed by atoms with Gasteiger partial charge in [-0.3, -0.25) is 4.79 Å². The molecule has 0 radical (unpaired) electrons. The molecule has 8 heteroatoms. The summed E-state index contributed by atoms with van der Waals surface area (Å²) in [4.78, 5) is 13.0. The van der Waals surface area contributed by atoms with Crippen LogP contribution in [-0.2, 0) is 10.0 Å². The first kappa shape index (κ1) is 12.9. The molecule has 1 heterocycles. The zero-order chi connectivity index (χ0) is 12.3. The van der Waals surface area contributed by atoms with Crippen LogP contribution in [0.5, 0.6) is 0 Å². The topological polar surface area (TPSA) is 103 Å². The van der Waals surface area contributed by atoms with Crippen molar-refractivity contribution in [3.63, 3.8) is 0 Å². The highest BCUT2D eigenvalue weighted by atomic mass is 32.2. The second-order valence-corrected chi connectivity index (χ2v) is 6.25. The van der Waals surface area contributed by atoms with Crippen LogP contribution in [0.25, 0.3) is 0 Å². The number of hydrogen-bond acceptors (Lipinski definition) is 5. The van der Waals surface area contributed by atoms with Crippen LogP contribution >= 0.6 is 11.3 Å². The predicted molar refractivity (Wildman–Crippen MR) is 59.6 cm³/mol. The lowest BCUT2D eigenvalue weighted by molar-refractivity contribution is 0.574. The summed E-state index contributed by atoms with van der Waals surface area (Å²) in [5.41, 5.74) is 0.312. The summed E-state index contributed by atoms with van der Waals surface area (Å²) in [6.07, 6.45) is 0. The lowest BCUT2D eigenvalue weighted by atomic mass is 10.2. The summed E-state index contributed by atoms with van der Waals surface area (Å²) in [7, 11) is -3.69. The minimum absolute atomic E-state index is 0.0253. The van der Waals surface area contributed by atoms with E-state index in [0.717, 1.165) is 0 Å². The van der Waals surface area contributed by atoms with Gasteiger partial charge in [0.25, 0.3) is 10.0 Å². The maximum atomic E-state index is 11.7. The summed E-state index contributed by atoms with van der Waals surface area (Å²) in [5, 5.41) is 8.52. The van der Waals surface area contributed by atoms with Crippen molar-refractivity contribution >= 4 is 21.4 Å². The lowest BCUT2D eigenvalue weighted by Crippen LogP contribution is -2.27. The molecular formula is C8H11N3O3S2. The van der Waals surface area contributed by atoms with Crippen LogP contribution in [0.1, 0.15) is 12.6 Å². The van der Waals surface area contributed by atoms with Crippen LogP contribution in [0, 0.1) is 24.2 Å². The number of H-pyrrole nitrogens is 1. The largest absolute Gasteiger partial charge is 0.315 e. The third kappa shape index (κ3) is 2.91. The van der Waals surface area contributed by atoms with E-state index in [1.54, 1.807) is 6.92 Å². The second kappa shape index (κ2) is 4.78. The number of nitrogens with zero attached hydrogens (tertiary/aromatic N) is 1. The van der Waals surface area contributed by atoms with Crippen molar-refractivity contribution in [1.29, 1.82) is 5.26 Å². The molecule has 1 atom stereocenters. The van der Waals surface area contributed by atoms with E-state index < -0.39 is 20.8 Å². The maximum Gasteiger partial charge on any atom is 0.305 e. The highest BCUT2D eigenvalue weighted by molar-refractivity contribution is 7.91. The Hall–Kier alpha value is -1.17. The lowest BCUT2D eigenvalue weighted by Gasteiger charge is -2.05. The molecule has 0 bridgehead atoms. The molecule has 0 aromatic carbocycles. The average molecular weight is 261 g/mol. The first-order chi connectivity index (χ1) is 7.36. The zero-order valence-corrected chi connectivity index (χ0v) is 10.4. The highest BCUT2D eigenvalue weighted by Gasteiger charge is 2.20. The summed E-state index contributed by atoms with van der Waals surface area (Å²) >= 11 is 0.636. The molecular weight excluding hydrogens is 250 g/mol. The number of aromatic nitrogens is 1. The molecule has 1 rings (SSSR count). The van der Waals surface area contributed by atoms with E-state index >= 15 is 0 Å². The van der Waals surface area contributed by atoms with Gasteiger partial charge < -0.3 is 4.98 Å². The van der Waals surface area contributed by atoms with Crippen molar-refractivity contribution < 1.29 is 8.42 Å². The average Bonchev–Trinajstić information content (AvgIpc) is 2.55. The van der Waals surface area contributed by atoms with E-state index in [2.05, 4.69) is 9.71 Å². The number of aryl methyl sites for hydroxylation is 1. The molecule has 88 valence electrons. The van der Waals surface area contributed by atoms with Crippen molar-refractivity contribution in [1.82, 2.24) is 9.71 Å². The molecule has 1 aromatic rings. The van der Waals surface area contributed by atoms with Crippen LogP contribution < -0.4 is 9.60 Å². The van der Waals surface area contributed by atoms with Gasteiger partial charge in [-0.2, -0.15) is 5.26 Å². The number of aromatic amines is 1. The molecule has 0 amide bonds. The molecule has 0 saturated heterocycles. The quantitative estimate of drug-likeness (QED) is 0.807. The number of nitrogens with one attached hydrogen (secondary N) is 2. The van der Waals surface area contributed by atoms with E-state index in [0.29, 0.717) is 17.0 Å². The zero-order valence-electron chi connectivity index (χ0n) is 8.77. The first-order valence-electron chi connectivity index (χ1n) is 4.46. The SMILES string of the molecule is Cc1[nH]c(=O)sc1S(=O)(=O)NCC(C)C#N. The van der Waals surface area contributed by atoms with Gasteiger partial charge in [-0.15, -0.1) is 0 Å². The summed E-state index contributed by atoms with van der Waals surface area (Å²) in [6, 6.07) is 1.92. The van der Waals surface area contributed by atoms with Crippen molar-refractivity contribution in [3.05, 3.63) is 15.4 Å². The number of thiazole rings is 1. The van der Waals surface area contributed by atoms with E-state index in [9.17, 15) is 13.2 Å². The molecule has 0 spiro atoms. The van der Waals surface area contributed by atoms with Crippen LogP contribution in [0.3, 0.4) is 0 Å². The predicted octanol–water partition coefficient (Wildman–Crippen LogP) is 0.183. The Morgan fingerprint density at radius 1 is 1.62 bits per heavy atom. The Morgan fingerprint density at radius 2 is 2.25 bits per heavy atom. The molecule has 0 aliphatic carbocycles. The molecule has 16 heavy (non-hydrogen) atoms. The molecule has 6 nitrogen and oxygen atoms in total. The highest BCUT2D eigenvalue weighted by Crippen LogP contribution is 2.15. The monoisotopic (exact) mass is 261 g/mol. The Kier molecular flexibility index (Phi) is 3.85. The van der Waals surface area contributed by atoms with Crippen molar-refractivity contribution in [3.8, 4) is 6.07 Å². The van der Waals surface area contributed by atoms with Gasteiger partial charge in [0.2, 0.25) is 0 Å². The molecule has 1 aromatic heterocycles. The van der Waals surface area contributed by atoms with Crippen molar-refractivity contribution in [2.75, 3.05) is 6.54 Å². The minimum atomic E-state index is -3.69. The van der Waals surface area contributed by atoms with E-state index in [4.69, 9.17) is 5.26 Å². The van der Waals surface area contributed by atoms with Gasteiger partial charge in [0.05, 0.1) is 12.0 Å². The standard InChI is InChI=1S/C8H11N3O3S2/c1-5(3-9)4-10-16(13,14)7-6(2)11-8(12)15-7/h5,10H,4H2,1-2H3,(H,11,12). The second-order valence-electron chi connectivity index (χ2n) is 3.31. The molecule has 0 aliphatic rings. The fourth-order valence-electron chi connectivity index (χ4n) is 0.993. The molecule has 0 saturated carbocycles. The van der Waals surface area contributed by atoms with Crippen LogP contribution in [0.4, 0.5) is 0 Å². The van der Waals surface area contributed by atoms with Gasteiger partial charge in [0, 0.05) is 12.2 Å². The normalized spacial score (nSPS) is 13.3. The Balaban J connectivity index is 2.92. The third-order valence-corrected chi connectivity index (χ3v) is 4.85. The van der Waals surface area contributed by atoms with E-state index in [1.807, 2.05) is 6.07 Å². The summed E-state index contributed by atoms with van der Waals surface area (Å²) in [6.45, 7) is 3.15. The maximum absolute atomic E-state index is 11.7. The van der Waals surface area contributed by atoms with Crippen LogP contribution in [0.2, 0.25) is 0 Å². The molecule has 0 fully saturated rings. The van der Waals surface area contributed by atoms with Crippen LogP contribution in [0.15, 0.2) is 9.00 Å². The fraction of sp³-hybridized carbons (Fsp3) is 0.500. The smallest absolute Gasteiger partial charge is 0.305 e. The van der Waals surface area contributed by atoms with Crippen molar-refractivity contribution in [2.24, 2.45) is 5.92 Å². The third-order valence-electron chi connectivity index (χ3n) is 1.83. The number of rotatable bonds is 4. The van der Waals surface area contributed by atoms with E-state index in [1.165, 1.54) is 6.92 Å². The van der Waals surface area contributed by atoms with Crippen molar-refractivity contribution in [2.45, 2.75) is 18.1 Å². The minimum Gasteiger partial charge on any atom is -0.315 e. The van der Waals surface area contributed by atoms with Crippen LogP contribution in [-0.4, -0.2) is 19.9 Å². The summed E-state index contributed by atoms with van der Waals surface area (Å²) in [5.74, 6) is -0.411. The number of hydrogen-bond donors (Lipinski definition) is 2. The number of sulfonamides is 1. The molecule has 1 unspecified atom stereocenters. The molecule has 2 N–H and O–H groups in total. The van der Waals surface area contributed by atoms with E-state index in [-0.39, 0.29) is 10.8 Å². The Bertz CT molecular complexity index is 564. The fourth-order valence-corrected chi connectivity index (χ4v) is 3.47. The van der Waals surface area contributed by atoms with Gasteiger partial charge in [-0.25, -0.2) is 13.1 Å².